The van der Waals surface area contributed by atoms with Gasteiger partial charge in [0.2, 0.25) is 0 Å². The molecule has 1 amide bonds. The van der Waals surface area contributed by atoms with E-state index >= 15 is 0 Å². The number of non-ortho nitro benzene ring substituents is 1. The molecule has 4 rings (SSSR count). The number of nitro groups is 1. The molecule has 0 spiro atoms. The van der Waals surface area contributed by atoms with E-state index in [9.17, 15) is 19.7 Å². The topological polar surface area (TPSA) is 105 Å². The van der Waals surface area contributed by atoms with E-state index in [1.807, 2.05) is 35.2 Å². The third-order valence-electron chi connectivity index (χ3n) is 5.78. The van der Waals surface area contributed by atoms with Crippen LogP contribution in [0, 0.1) is 10.1 Å². The Labute approximate surface area is 202 Å². The lowest BCUT2D eigenvalue weighted by Crippen LogP contribution is -2.29. The molecule has 9 heteroatoms. The predicted molar refractivity (Wildman–Crippen MR) is 130 cm³/mol. The van der Waals surface area contributed by atoms with Gasteiger partial charge in [-0.15, -0.1) is 0 Å². The first-order valence-electron chi connectivity index (χ1n) is 11.0. The summed E-state index contributed by atoms with van der Waals surface area (Å²) in [6.45, 7) is 2.44. The van der Waals surface area contributed by atoms with E-state index in [-0.39, 0.29) is 18.1 Å². The van der Waals surface area contributed by atoms with Crippen molar-refractivity contribution in [3.63, 3.8) is 0 Å². The number of benzene rings is 3. The Bertz CT molecular complexity index is 1260. The minimum Gasteiger partial charge on any atom is -0.465 e. The van der Waals surface area contributed by atoms with E-state index in [1.165, 1.54) is 24.3 Å². The van der Waals surface area contributed by atoms with Crippen LogP contribution in [0.15, 0.2) is 84.0 Å². The minimum atomic E-state index is -0.498. The number of hydrogen-bond donors (Lipinski definition) is 0. The van der Waals surface area contributed by atoms with Crippen molar-refractivity contribution in [2.45, 2.75) is 19.6 Å². The number of hydrazone groups is 1. The molecule has 0 bridgehead atoms. The maximum absolute atomic E-state index is 13.1. The highest BCUT2D eigenvalue weighted by atomic mass is 16.6. The molecule has 0 unspecified atom stereocenters. The summed E-state index contributed by atoms with van der Waals surface area (Å²) in [5.74, 6) is -0.617. The van der Waals surface area contributed by atoms with Crippen molar-refractivity contribution in [2.75, 3.05) is 13.7 Å². The van der Waals surface area contributed by atoms with E-state index in [0.29, 0.717) is 23.4 Å². The van der Waals surface area contributed by atoms with E-state index < -0.39 is 17.1 Å². The van der Waals surface area contributed by atoms with E-state index in [0.717, 1.165) is 11.1 Å². The smallest absolute Gasteiger partial charge is 0.337 e. The third kappa shape index (κ3) is 5.25. The molecular formula is C26H24N4O5. The molecule has 0 saturated carbocycles. The standard InChI is InChI=1S/C26H24N4O5/c1-18(20-12-14-23(15-13-20)30(33)34)27-29-24(31)17-28(16-19-6-4-3-5-7-19)25(29)21-8-10-22(11-9-21)26(32)35-2/h3-15,25H,16-17H2,1-2H3/b27-18-/t25-/m1/s1. The number of hydrogen-bond acceptors (Lipinski definition) is 7. The second kappa shape index (κ2) is 10.3. The van der Waals surface area contributed by atoms with Crippen LogP contribution in [-0.4, -0.2) is 46.1 Å². The Morgan fingerprint density at radius 1 is 1.03 bits per heavy atom. The van der Waals surface area contributed by atoms with E-state index in [4.69, 9.17) is 4.74 Å². The Morgan fingerprint density at radius 3 is 2.26 bits per heavy atom. The van der Waals surface area contributed by atoms with Crippen LogP contribution >= 0.6 is 0 Å². The summed E-state index contributed by atoms with van der Waals surface area (Å²) in [6, 6.07) is 22.8. The molecule has 178 valence electrons. The van der Waals surface area contributed by atoms with Gasteiger partial charge in [-0.1, -0.05) is 42.5 Å². The highest BCUT2D eigenvalue weighted by Crippen LogP contribution is 2.33. The fourth-order valence-corrected chi connectivity index (χ4v) is 4.00. The fourth-order valence-electron chi connectivity index (χ4n) is 4.00. The maximum atomic E-state index is 13.1. The van der Waals surface area contributed by atoms with Crippen LogP contribution in [0.25, 0.3) is 0 Å². The van der Waals surface area contributed by atoms with Crippen LogP contribution in [0.5, 0.6) is 0 Å². The molecule has 1 fully saturated rings. The summed E-state index contributed by atoms with van der Waals surface area (Å²) in [4.78, 5) is 37.5. The Balaban J connectivity index is 1.69. The van der Waals surface area contributed by atoms with Crippen LogP contribution in [-0.2, 0) is 16.1 Å². The van der Waals surface area contributed by atoms with Crippen molar-refractivity contribution in [2.24, 2.45) is 5.10 Å². The van der Waals surface area contributed by atoms with Crippen molar-refractivity contribution in [1.29, 1.82) is 0 Å². The number of amides is 1. The molecule has 1 heterocycles. The Kier molecular flexibility index (Phi) is 6.98. The zero-order valence-electron chi connectivity index (χ0n) is 19.3. The van der Waals surface area contributed by atoms with Gasteiger partial charge in [0.1, 0.15) is 6.17 Å². The van der Waals surface area contributed by atoms with Crippen LogP contribution in [0.1, 0.15) is 40.1 Å². The number of esters is 1. The number of ether oxygens (including phenoxy) is 1. The van der Waals surface area contributed by atoms with Gasteiger partial charge in [-0.25, -0.2) is 9.80 Å². The lowest BCUT2D eigenvalue weighted by molar-refractivity contribution is -0.384. The largest absolute Gasteiger partial charge is 0.465 e. The molecule has 1 aliphatic heterocycles. The first kappa shape index (κ1) is 23.8. The highest BCUT2D eigenvalue weighted by Gasteiger charge is 2.39. The summed E-state index contributed by atoms with van der Waals surface area (Å²) < 4.78 is 4.79. The molecule has 0 radical (unpaired) electrons. The lowest BCUT2D eigenvalue weighted by atomic mass is 10.1. The summed E-state index contributed by atoms with van der Waals surface area (Å²) in [6.07, 6.45) is -0.498. The number of carbonyl (C=O) groups excluding carboxylic acids is 2. The average Bonchev–Trinajstić information content (AvgIpc) is 3.18. The van der Waals surface area contributed by atoms with Gasteiger partial charge < -0.3 is 4.74 Å². The van der Waals surface area contributed by atoms with Gasteiger partial charge in [-0.05, 0) is 47.9 Å². The predicted octanol–water partition coefficient (Wildman–Crippen LogP) is 4.15. The summed E-state index contributed by atoms with van der Waals surface area (Å²) in [5.41, 5.74) is 3.45. The minimum absolute atomic E-state index is 0.0172. The number of nitrogens with zero attached hydrogens (tertiary/aromatic N) is 4. The molecule has 3 aromatic rings. The SMILES string of the molecule is COC(=O)c1ccc([C@@H]2N(Cc3ccccc3)CC(=O)N2/N=C(/C)c2ccc([N+](=O)[O-])cc2)cc1. The average molecular weight is 473 g/mol. The number of methoxy groups -OCH3 is 1. The molecule has 1 atom stereocenters. The lowest BCUT2D eigenvalue weighted by Gasteiger charge is -2.28. The van der Waals surface area contributed by atoms with Crippen molar-refractivity contribution >= 4 is 23.3 Å². The van der Waals surface area contributed by atoms with Crippen molar-refractivity contribution in [3.05, 3.63) is 111 Å². The van der Waals surface area contributed by atoms with E-state index in [1.54, 1.807) is 43.3 Å². The monoisotopic (exact) mass is 472 g/mol. The van der Waals surface area contributed by atoms with E-state index in [2.05, 4.69) is 5.10 Å². The molecule has 0 aliphatic carbocycles. The van der Waals surface area contributed by atoms with Crippen LogP contribution in [0.2, 0.25) is 0 Å². The number of nitro benzene ring substituents is 1. The van der Waals surface area contributed by atoms with Crippen LogP contribution < -0.4 is 0 Å². The van der Waals surface area contributed by atoms with Gasteiger partial charge in [0.25, 0.3) is 11.6 Å². The summed E-state index contributed by atoms with van der Waals surface area (Å²) in [5, 5.41) is 17.0. The highest BCUT2D eigenvalue weighted by molar-refractivity contribution is 5.99. The van der Waals surface area contributed by atoms with Gasteiger partial charge in [-0.2, -0.15) is 5.10 Å². The summed E-state index contributed by atoms with van der Waals surface area (Å²) in [7, 11) is 1.32. The fraction of sp³-hybridized carbons (Fsp3) is 0.192. The number of carbonyl (C=O) groups is 2. The molecule has 3 aromatic carbocycles. The molecule has 1 saturated heterocycles. The molecule has 35 heavy (non-hydrogen) atoms. The first-order chi connectivity index (χ1) is 16.9. The van der Waals surface area contributed by atoms with Crippen molar-refractivity contribution < 1.29 is 19.2 Å². The third-order valence-corrected chi connectivity index (χ3v) is 5.78. The number of rotatable bonds is 7. The molecular weight excluding hydrogens is 448 g/mol. The Morgan fingerprint density at radius 2 is 1.66 bits per heavy atom. The zero-order chi connectivity index (χ0) is 24.9. The van der Waals surface area contributed by atoms with Crippen LogP contribution in [0.4, 0.5) is 5.69 Å². The molecule has 1 aliphatic rings. The van der Waals surface area contributed by atoms with Crippen molar-refractivity contribution in [1.82, 2.24) is 9.91 Å². The quantitative estimate of drug-likeness (QED) is 0.221. The van der Waals surface area contributed by atoms with Gasteiger partial charge >= 0.3 is 5.97 Å². The van der Waals surface area contributed by atoms with Crippen molar-refractivity contribution in [3.8, 4) is 0 Å². The first-order valence-corrected chi connectivity index (χ1v) is 11.0. The molecule has 0 aromatic heterocycles. The maximum Gasteiger partial charge on any atom is 0.337 e. The Hall–Kier alpha value is -4.37. The van der Waals surface area contributed by atoms with Gasteiger partial charge in [0, 0.05) is 18.7 Å². The van der Waals surface area contributed by atoms with Gasteiger partial charge in [-0.3, -0.25) is 19.8 Å². The molecule has 0 N–H and O–H groups in total. The normalized spacial score (nSPS) is 16.4. The zero-order valence-corrected chi connectivity index (χ0v) is 19.3. The molecule has 9 nitrogen and oxygen atoms in total. The second-order valence-electron chi connectivity index (χ2n) is 8.11. The second-order valence-corrected chi connectivity index (χ2v) is 8.11. The van der Waals surface area contributed by atoms with Gasteiger partial charge in [0.15, 0.2) is 0 Å². The van der Waals surface area contributed by atoms with Crippen LogP contribution in [0.3, 0.4) is 0 Å². The van der Waals surface area contributed by atoms with Gasteiger partial charge in [0.05, 0.1) is 29.9 Å². The summed E-state index contributed by atoms with van der Waals surface area (Å²) >= 11 is 0.